The van der Waals surface area contributed by atoms with Crippen molar-refractivity contribution in [3.05, 3.63) is 47.0 Å². The summed E-state index contributed by atoms with van der Waals surface area (Å²) in [5.41, 5.74) is 3.21. The molecule has 3 aromatic rings. The van der Waals surface area contributed by atoms with Gasteiger partial charge in [-0.3, -0.25) is 4.79 Å². The third kappa shape index (κ3) is 4.07. The molecule has 0 aliphatic heterocycles. The van der Waals surface area contributed by atoms with E-state index in [1.165, 1.54) is 0 Å². The third-order valence-corrected chi connectivity index (χ3v) is 4.36. The molecule has 0 aliphatic rings. The van der Waals surface area contributed by atoms with E-state index < -0.39 is 0 Å². The fraction of sp³-hybridized carbons (Fsp3) is 0.400. The number of fused-ring (bicyclic) bond motifs is 1. The van der Waals surface area contributed by atoms with Crippen molar-refractivity contribution < 1.29 is 9.53 Å². The highest BCUT2D eigenvalue weighted by molar-refractivity contribution is 5.93. The van der Waals surface area contributed by atoms with Crippen molar-refractivity contribution >= 4 is 17.4 Å². The van der Waals surface area contributed by atoms with Crippen molar-refractivity contribution in [3.63, 3.8) is 0 Å². The lowest BCUT2D eigenvalue weighted by Gasteiger charge is -2.13. The number of benzene rings is 1. The summed E-state index contributed by atoms with van der Waals surface area (Å²) in [6, 6.07) is 7.42. The zero-order chi connectivity index (χ0) is 19.4. The van der Waals surface area contributed by atoms with Crippen LogP contribution in [0.5, 0.6) is 5.75 Å². The van der Waals surface area contributed by atoms with Gasteiger partial charge in [0.05, 0.1) is 18.7 Å². The van der Waals surface area contributed by atoms with Crippen molar-refractivity contribution in [2.45, 2.75) is 47.0 Å². The second-order valence-electron chi connectivity index (χ2n) is 6.41. The second kappa shape index (κ2) is 8.16. The van der Waals surface area contributed by atoms with E-state index in [-0.39, 0.29) is 12.3 Å². The highest BCUT2D eigenvalue weighted by Crippen LogP contribution is 2.24. The summed E-state index contributed by atoms with van der Waals surface area (Å²) in [5.74, 6) is 1.90. The van der Waals surface area contributed by atoms with E-state index in [4.69, 9.17) is 4.74 Å². The summed E-state index contributed by atoms with van der Waals surface area (Å²) in [7, 11) is 0. The molecule has 0 saturated carbocycles. The fourth-order valence-electron chi connectivity index (χ4n) is 3.04. The molecule has 27 heavy (non-hydrogen) atoms. The highest BCUT2D eigenvalue weighted by Gasteiger charge is 2.16. The molecule has 0 fully saturated rings. The zero-order valence-electron chi connectivity index (χ0n) is 16.2. The predicted octanol–water partition coefficient (Wildman–Crippen LogP) is 3.27. The summed E-state index contributed by atoms with van der Waals surface area (Å²) < 4.78 is 7.30. The van der Waals surface area contributed by atoms with E-state index in [0.717, 1.165) is 35.6 Å². The van der Waals surface area contributed by atoms with Crippen LogP contribution in [0.2, 0.25) is 0 Å². The largest absolute Gasteiger partial charge is 0.492 e. The summed E-state index contributed by atoms with van der Waals surface area (Å²) in [6.45, 7) is 8.39. The topological polar surface area (TPSA) is 81.4 Å². The number of carbonyl (C=O) groups is 1. The van der Waals surface area contributed by atoms with Crippen molar-refractivity contribution in [1.29, 1.82) is 0 Å². The summed E-state index contributed by atoms with van der Waals surface area (Å²) in [6.07, 6.45) is 2.00. The molecule has 142 valence electrons. The van der Waals surface area contributed by atoms with Crippen molar-refractivity contribution in [3.8, 4) is 5.75 Å². The Hall–Kier alpha value is -2.96. The molecule has 0 atom stereocenters. The molecule has 1 aromatic carbocycles. The molecule has 0 aliphatic carbocycles. The van der Waals surface area contributed by atoms with E-state index >= 15 is 0 Å². The number of carbonyl (C=O) groups excluding carboxylic acids is 1. The lowest BCUT2D eigenvalue weighted by molar-refractivity contribution is -0.115. The van der Waals surface area contributed by atoms with Crippen molar-refractivity contribution in [2.24, 2.45) is 0 Å². The first-order chi connectivity index (χ1) is 13.0. The second-order valence-corrected chi connectivity index (χ2v) is 6.41. The van der Waals surface area contributed by atoms with Crippen LogP contribution in [0.3, 0.4) is 0 Å². The molecule has 0 radical (unpaired) electrons. The van der Waals surface area contributed by atoms with Gasteiger partial charge in [0.1, 0.15) is 5.75 Å². The van der Waals surface area contributed by atoms with Crippen LogP contribution < -0.4 is 10.1 Å². The Bertz CT molecular complexity index is 964. The molecule has 7 nitrogen and oxygen atoms in total. The van der Waals surface area contributed by atoms with E-state index in [0.29, 0.717) is 23.8 Å². The molecule has 1 amide bonds. The molecule has 7 heteroatoms. The molecule has 3 rings (SSSR count). The van der Waals surface area contributed by atoms with Crippen LogP contribution in [-0.2, 0) is 17.6 Å². The summed E-state index contributed by atoms with van der Waals surface area (Å²) in [5, 5.41) is 7.46. The quantitative estimate of drug-likeness (QED) is 0.693. The molecule has 0 saturated heterocycles. The molecule has 2 heterocycles. The van der Waals surface area contributed by atoms with Gasteiger partial charge in [-0.2, -0.15) is 4.98 Å². The van der Waals surface area contributed by atoms with Crippen LogP contribution in [0, 0.1) is 13.8 Å². The molecule has 2 aromatic heterocycles. The number of anilines is 1. The minimum Gasteiger partial charge on any atom is -0.492 e. The smallest absolute Gasteiger partial charge is 0.252 e. The minimum absolute atomic E-state index is 0.122. The Balaban J connectivity index is 1.84. The number of hydrogen-bond donors (Lipinski definition) is 1. The maximum absolute atomic E-state index is 12.6. The number of aryl methyl sites for hydroxylation is 3. The van der Waals surface area contributed by atoms with Crippen LogP contribution in [0.15, 0.2) is 24.3 Å². The van der Waals surface area contributed by atoms with E-state index in [9.17, 15) is 4.79 Å². The minimum atomic E-state index is -0.122. The van der Waals surface area contributed by atoms with Crippen LogP contribution in [0.4, 0.5) is 5.69 Å². The van der Waals surface area contributed by atoms with Gasteiger partial charge in [-0.15, -0.1) is 5.10 Å². The highest BCUT2D eigenvalue weighted by atomic mass is 16.5. The number of nitrogens with one attached hydrogen (secondary N) is 1. The Morgan fingerprint density at radius 2 is 1.96 bits per heavy atom. The normalized spacial score (nSPS) is 11.0. The molecule has 0 bridgehead atoms. The average Bonchev–Trinajstić information content (AvgIpc) is 3.03. The first-order valence-corrected chi connectivity index (χ1v) is 9.26. The lowest BCUT2D eigenvalue weighted by atomic mass is 10.1. The Kier molecular flexibility index (Phi) is 5.69. The monoisotopic (exact) mass is 367 g/mol. The van der Waals surface area contributed by atoms with Gasteiger partial charge in [-0.1, -0.05) is 19.1 Å². The van der Waals surface area contributed by atoms with Crippen molar-refractivity contribution in [2.75, 3.05) is 11.9 Å². The van der Waals surface area contributed by atoms with Gasteiger partial charge >= 0.3 is 0 Å². The molecule has 0 unspecified atom stereocenters. The van der Waals surface area contributed by atoms with Crippen LogP contribution in [0.25, 0.3) is 5.78 Å². The first-order valence-electron chi connectivity index (χ1n) is 9.26. The van der Waals surface area contributed by atoms with Gasteiger partial charge in [0.2, 0.25) is 5.91 Å². The number of para-hydroxylation sites is 2. The number of ether oxygens (including phenoxy) is 1. The SMILES string of the molecule is CCCc1nc2nc(C)c(CC(=O)Nc3ccccc3OCC)c(C)n2n1. The van der Waals surface area contributed by atoms with Crippen LogP contribution in [-0.4, -0.2) is 32.1 Å². The molecule has 0 spiro atoms. The van der Waals surface area contributed by atoms with Crippen LogP contribution in [0.1, 0.15) is 43.0 Å². The number of hydrogen-bond acceptors (Lipinski definition) is 5. The average molecular weight is 367 g/mol. The van der Waals surface area contributed by atoms with Gasteiger partial charge in [0.25, 0.3) is 5.78 Å². The van der Waals surface area contributed by atoms with Gasteiger partial charge < -0.3 is 10.1 Å². The molecular formula is C20H25N5O2. The Morgan fingerprint density at radius 1 is 1.19 bits per heavy atom. The summed E-state index contributed by atoms with van der Waals surface area (Å²) in [4.78, 5) is 21.6. The van der Waals surface area contributed by atoms with E-state index in [1.54, 1.807) is 4.52 Å². The van der Waals surface area contributed by atoms with E-state index in [2.05, 4.69) is 27.3 Å². The maximum Gasteiger partial charge on any atom is 0.252 e. The maximum atomic E-state index is 12.6. The van der Waals surface area contributed by atoms with Gasteiger partial charge in [-0.05, 0) is 39.3 Å². The third-order valence-electron chi connectivity index (χ3n) is 4.36. The first kappa shape index (κ1) is 18.8. The molecule has 1 N–H and O–H groups in total. The lowest BCUT2D eigenvalue weighted by Crippen LogP contribution is -2.18. The van der Waals surface area contributed by atoms with Gasteiger partial charge in [0.15, 0.2) is 5.82 Å². The predicted molar refractivity (Wildman–Crippen MR) is 104 cm³/mol. The number of rotatable bonds is 7. The van der Waals surface area contributed by atoms with Gasteiger partial charge in [0, 0.05) is 23.4 Å². The van der Waals surface area contributed by atoms with Crippen molar-refractivity contribution in [1.82, 2.24) is 19.6 Å². The Morgan fingerprint density at radius 3 is 2.70 bits per heavy atom. The number of aromatic nitrogens is 4. The fourth-order valence-corrected chi connectivity index (χ4v) is 3.04. The standard InChI is InChI=1S/C20H25N5O2/c1-5-9-18-23-20-21-13(3)15(14(4)25(20)24-18)12-19(26)22-16-10-7-8-11-17(16)27-6-2/h7-8,10-11H,5-6,9,12H2,1-4H3,(H,22,26). The number of nitrogens with zero attached hydrogens (tertiary/aromatic N) is 4. The van der Waals surface area contributed by atoms with E-state index in [1.807, 2.05) is 45.0 Å². The molecular weight excluding hydrogens is 342 g/mol. The zero-order valence-corrected chi connectivity index (χ0v) is 16.2. The van der Waals surface area contributed by atoms with Crippen LogP contribution >= 0.6 is 0 Å². The Labute approximate surface area is 158 Å². The number of amides is 1. The van der Waals surface area contributed by atoms with Gasteiger partial charge in [-0.25, -0.2) is 9.50 Å². The summed E-state index contributed by atoms with van der Waals surface area (Å²) >= 11 is 0.